The SMILES string of the molecule is CC(CN)(NC(=O)c1ccccc1)C1CC1.Cl. The maximum atomic E-state index is 12.0. The Kier molecular flexibility index (Phi) is 4.54. The Morgan fingerprint density at radius 2 is 2.00 bits per heavy atom. The zero-order valence-corrected chi connectivity index (χ0v) is 10.8. The molecule has 2 rings (SSSR count). The van der Waals surface area contributed by atoms with Crippen LogP contribution >= 0.6 is 12.4 Å². The van der Waals surface area contributed by atoms with Gasteiger partial charge in [-0.1, -0.05) is 18.2 Å². The van der Waals surface area contributed by atoms with Gasteiger partial charge in [-0.2, -0.15) is 0 Å². The molecule has 1 saturated carbocycles. The van der Waals surface area contributed by atoms with Gasteiger partial charge in [-0.05, 0) is 37.8 Å². The fraction of sp³-hybridized carbons (Fsp3) is 0.462. The maximum absolute atomic E-state index is 12.0. The molecule has 0 radical (unpaired) electrons. The molecule has 0 saturated heterocycles. The van der Waals surface area contributed by atoms with Crippen LogP contribution in [0.15, 0.2) is 30.3 Å². The van der Waals surface area contributed by atoms with E-state index in [1.54, 1.807) is 0 Å². The van der Waals surface area contributed by atoms with Gasteiger partial charge in [0.1, 0.15) is 0 Å². The van der Waals surface area contributed by atoms with E-state index >= 15 is 0 Å². The molecule has 0 aromatic heterocycles. The molecule has 0 aliphatic heterocycles. The zero-order valence-electron chi connectivity index (χ0n) is 9.98. The van der Waals surface area contributed by atoms with Crippen molar-refractivity contribution in [2.75, 3.05) is 6.54 Å². The Hall–Kier alpha value is -1.06. The minimum Gasteiger partial charge on any atom is -0.345 e. The van der Waals surface area contributed by atoms with E-state index in [1.165, 1.54) is 12.8 Å². The molecule has 3 N–H and O–H groups in total. The summed E-state index contributed by atoms with van der Waals surface area (Å²) in [5, 5.41) is 3.06. The van der Waals surface area contributed by atoms with Gasteiger partial charge in [-0.25, -0.2) is 0 Å². The summed E-state index contributed by atoms with van der Waals surface area (Å²) in [5.41, 5.74) is 6.21. The lowest BCUT2D eigenvalue weighted by Gasteiger charge is -2.29. The summed E-state index contributed by atoms with van der Waals surface area (Å²) in [4.78, 5) is 12.0. The van der Waals surface area contributed by atoms with Crippen molar-refractivity contribution < 1.29 is 4.79 Å². The number of carbonyl (C=O) groups excluding carboxylic acids is 1. The summed E-state index contributed by atoms with van der Waals surface area (Å²) in [6.07, 6.45) is 2.34. The van der Waals surface area contributed by atoms with E-state index in [0.717, 1.165) is 0 Å². The van der Waals surface area contributed by atoms with Crippen LogP contribution in [0.4, 0.5) is 0 Å². The summed E-state index contributed by atoms with van der Waals surface area (Å²) in [5.74, 6) is 0.519. The molecule has 1 aliphatic rings. The minimum atomic E-state index is -0.243. The second-order valence-electron chi connectivity index (χ2n) is 4.72. The van der Waals surface area contributed by atoms with Crippen molar-refractivity contribution in [3.8, 4) is 0 Å². The summed E-state index contributed by atoms with van der Waals surface area (Å²) < 4.78 is 0. The summed E-state index contributed by atoms with van der Waals surface area (Å²) in [6, 6.07) is 9.27. The van der Waals surface area contributed by atoms with Crippen molar-refractivity contribution in [3.05, 3.63) is 35.9 Å². The number of hydrogen-bond acceptors (Lipinski definition) is 2. The van der Waals surface area contributed by atoms with Crippen LogP contribution in [0.5, 0.6) is 0 Å². The monoisotopic (exact) mass is 254 g/mol. The summed E-state index contributed by atoms with van der Waals surface area (Å²) in [6.45, 7) is 2.53. The Morgan fingerprint density at radius 3 is 2.47 bits per heavy atom. The van der Waals surface area contributed by atoms with Crippen LogP contribution in [0.1, 0.15) is 30.1 Å². The van der Waals surface area contributed by atoms with Crippen LogP contribution in [0.2, 0.25) is 0 Å². The van der Waals surface area contributed by atoms with Crippen LogP contribution in [-0.4, -0.2) is 18.0 Å². The van der Waals surface area contributed by atoms with Crippen molar-refractivity contribution >= 4 is 18.3 Å². The standard InChI is InChI=1S/C13H18N2O.ClH/c1-13(9-14,11-7-8-11)15-12(16)10-5-3-2-4-6-10;/h2-6,11H,7-9,14H2,1H3,(H,15,16);1H. The third kappa shape index (κ3) is 3.20. The topological polar surface area (TPSA) is 55.1 Å². The van der Waals surface area contributed by atoms with Gasteiger partial charge in [-0.3, -0.25) is 4.79 Å². The molecular formula is C13H19ClN2O. The first kappa shape index (κ1) is 14.0. The lowest BCUT2D eigenvalue weighted by Crippen LogP contribution is -2.53. The molecule has 0 bridgehead atoms. The first-order valence-corrected chi connectivity index (χ1v) is 5.73. The van der Waals surface area contributed by atoms with Crippen molar-refractivity contribution in [1.29, 1.82) is 0 Å². The first-order valence-electron chi connectivity index (χ1n) is 5.73. The van der Waals surface area contributed by atoms with Gasteiger partial charge in [0, 0.05) is 12.1 Å². The number of rotatable bonds is 4. The van der Waals surface area contributed by atoms with Gasteiger partial charge in [0.25, 0.3) is 5.91 Å². The fourth-order valence-corrected chi connectivity index (χ4v) is 1.96. The molecule has 94 valence electrons. The van der Waals surface area contributed by atoms with Gasteiger partial charge in [0.15, 0.2) is 0 Å². The fourth-order valence-electron chi connectivity index (χ4n) is 1.96. The van der Waals surface area contributed by atoms with E-state index < -0.39 is 0 Å². The average molecular weight is 255 g/mol. The van der Waals surface area contributed by atoms with Crippen molar-refractivity contribution in [2.24, 2.45) is 11.7 Å². The van der Waals surface area contributed by atoms with E-state index in [2.05, 4.69) is 5.32 Å². The highest BCUT2D eigenvalue weighted by atomic mass is 35.5. The van der Waals surface area contributed by atoms with Gasteiger partial charge in [0.05, 0.1) is 5.54 Å². The van der Waals surface area contributed by atoms with Gasteiger partial charge in [-0.15, -0.1) is 12.4 Å². The number of nitrogens with one attached hydrogen (secondary N) is 1. The van der Waals surface area contributed by atoms with E-state index in [1.807, 2.05) is 37.3 Å². The second kappa shape index (κ2) is 5.52. The van der Waals surface area contributed by atoms with Crippen LogP contribution in [-0.2, 0) is 0 Å². The number of amides is 1. The molecule has 0 spiro atoms. The van der Waals surface area contributed by atoms with E-state index in [4.69, 9.17) is 5.73 Å². The Labute approximate surface area is 108 Å². The van der Waals surface area contributed by atoms with Crippen LogP contribution in [0.25, 0.3) is 0 Å². The predicted molar refractivity (Wildman–Crippen MR) is 71.3 cm³/mol. The number of benzene rings is 1. The average Bonchev–Trinajstić information content (AvgIpc) is 3.14. The van der Waals surface area contributed by atoms with Crippen molar-refractivity contribution in [1.82, 2.24) is 5.32 Å². The normalized spacial score (nSPS) is 17.8. The van der Waals surface area contributed by atoms with Crippen LogP contribution in [0.3, 0.4) is 0 Å². The number of carbonyl (C=O) groups is 1. The zero-order chi connectivity index (χ0) is 11.6. The quantitative estimate of drug-likeness (QED) is 0.863. The van der Waals surface area contributed by atoms with Gasteiger partial charge in [0.2, 0.25) is 0 Å². The lowest BCUT2D eigenvalue weighted by atomic mass is 9.95. The smallest absolute Gasteiger partial charge is 0.251 e. The van der Waals surface area contributed by atoms with Gasteiger partial charge < -0.3 is 11.1 Å². The third-order valence-corrected chi connectivity index (χ3v) is 3.34. The molecule has 3 nitrogen and oxygen atoms in total. The maximum Gasteiger partial charge on any atom is 0.251 e. The highest BCUT2D eigenvalue weighted by Gasteiger charge is 2.41. The van der Waals surface area contributed by atoms with E-state index in [9.17, 15) is 4.79 Å². The van der Waals surface area contributed by atoms with Crippen molar-refractivity contribution in [2.45, 2.75) is 25.3 Å². The number of nitrogens with two attached hydrogens (primary N) is 1. The molecule has 1 amide bonds. The molecule has 1 atom stereocenters. The second-order valence-corrected chi connectivity index (χ2v) is 4.72. The Morgan fingerprint density at radius 1 is 1.41 bits per heavy atom. The third-order valence-electron chi connectivity index (χ3n) is 3.34. The molecule has 1 aromatic rings. The van der Waals surface area contributed by atoms with Crippen molar-refractivity contribution in [3.63, 3.8) is 0 Å². The molecule has 1 unspecified atom stereocenters. The number of halogens is 1. The molecule has 0 heterocycles. The lowest BCUT2D eigenvalue weighted by molar-refractivity contribution is 0.0898. The molecule has 17 heavy (non-hydrogen) atoms. The largest absolute Gasteiger partial charge is 0.345 e. The van der Waals surface area contributed by atoms with E-state index in [0.29, 0.717) is 18.0 Å². The summed E-state index contributed by atoms with van der Waals surface area (Å²) >= 11 is 0. The van der Waals surface area contributed by atoms with Crippen LogP contribution in [0, 0.1) is 5.92 Å². The molecular weight excluding hydrogens is 236 g/mol. The Bertz CT molecular complexity index is 378. The molecule has 1 fully saturated rings. The van der Waals surface area contributed by atoms with Gasteiger partial charge >= 0.3 is 0 Å². The number of hydrogen-bond donors (Lipinski definition) is 2. The Balaban J connectivity index is 0.00000144. The highest BCUT2D eigenvalue weighted by Crippen LogP contribution is 2.39. The highest BCUT2D eigenvalue weighted by molar-refractivity contribution is 5.94. The first-order chi connectivity index (χ1) is 7.65. The van der Waals surface area contributed by atoms with Crippen LogP contribution < -0.4 is 11.1 Å². The minimum absolute atomic E-state index is 0. The molecule has 4 heteroatoms. The molecule has 1 aromatic carbocycles. The summed E-state index contributed by atoms with van der Waals surface area (Å²) in [7, 11) is 0. The van der Waals surface area contributed by atoms with E-state index in [-0.39, 0.29) is 23.9 Å². The molecule has 1 aliphatic carbocycles. The predicted octanol–water partition coefficient (Wildman–Crippen LogP) is 1.97.